The van der Waals surface area contributed by atoms with Gasteiger partial charge in [0.15, 0.2) is 0 Å². The summed E-state index contributed by atoms with van der Waals surface area (Å²) in [5.41, 5.74) is 3.16. The molecule has 1 aromatic rings. The number of hydrogen-bond donors (Lipinski definition) is 2. The van der Waals surface area contributed by atoms with Crippen LogP contribution in [-0.2, 0) is 4.79 Å². The molecule has 1 aliphatic rings. The first-order valence-corrected chi connectivity index (χ1v) is 7.18. The number of benzene rings is 1. The maximum atomic E-state index is 12.1. The van der Waals surface area contributed by atoms with Crippen LogP contribution in [0, 0.1) is 13.8 Å². The van der Waals surface area contributed by atoms with Gasteiger partial charge in [-0.15, -0.1) is 0 Å². The van der Waals surface area contributed by atoms with Crippen LogP contribution >= 0.6 is 15.9 Å². The van der Waals surface area contributed by atoms with E-state index < -0.39 is 0 Å². The fourth-order valence-corrected chi connectivity index (χ4v) is 2.55. The predicted molar refractivity (Wildman–Crippen MR) is 77.9 cm³/mol. The van der Waals surface area contributed by atoms with Crippen molar-refractivity contribution in [1.82, 2.24) is 5.32 Å². The van der Waals surface area contributed by atoms with Crippen molar-refractivity contribution in [3.8, 4) is 0 Å². The van der Waals surface area contributed by atoms with Crippen LogP contribution in [0.3, 0.4) is 0 Å². The maximum absolute atomic E-state index is 12.1. The fraction of sp³-hybridized carbons (Fsp3) is 0.500. The van der Waals surface area contributed by atoms with E-state index in [4.69, 9.17) is 0 Å². The van der Waals surface area contributed by atoms with Crippen molar-refractivity contribution in [2.45, 2.75) is 39.2 Å². The van der Waals surface area contributed by atoms with Crippen molar-refractivity contribution < 1.29 is 4.79 Å². The number of aryl methyl sites for hydroxylation is 2. The van der Waals surface area contributed by atoms with Gasteiger partial charge in [-0.25, -0.2) is 0 Å². The zero-order valence-electron chi connectivity index (χ0n) is 10.8. The molecule has 0 radical (unpaired) electrons. The summed E-state index contributed by atoms with van der Waals surface area (Å²) < 4.78 is 1.11. The number of carbonyl (C=O) groups is 1. The fourth-order valence-electron chi connectivity index (χ4n) is 2.32. The summed E-state index contributed by atoms with van der Waals surface area (Å²) in [5, 5.41) is 6.26. The molecule has 1 amide bonds. The summed E-state index contributed by atoms with van der Waals surface area (Å²) in [6.07, 6.45) is 3.23. The third-order valence-corrected chi connectivity index (χ3v) is 4.58. The summed E-state index contributed by atoms with van der Waals surface area (Å²) in [6.45, 7) is 5.01. The first kappa shape index (κ1) is 13.6. The second kappa shape index (κ2) is 5.85. The molecule has 0 aliphatic carbocycles. The van der Waals surface area contributed by atoms with Crippen molar-refractivity contribution in [3.63, 3.8) is 0 Å². The number of amides is 1. The van der Waals surface area contributed by atoms with Gasteiger partial charge in [-0.05, 0) is 56.5 Å². The van der Waals surface area contributed by atoms with E-state index in [2.05, 4.69) is 26.6 Å². The normalized spacial score (nSPS) is 19.6. The molecule has 0 aromatic heterocycles. The molecule has 2 rings (SSSR count). The Labute approximate surface area is 116 Å². The van der Waals surface area contributed by atoms with E-state index >= 15 is 0 Å². The molecule has 0 spiro atoms. The van der Waals surface area contributed by atoms with Crippen molar-refractivity contribution in [2.24, 2.45) is 0 Å². The molecule has 0 bridgehead atoms. The molecule has 1 heterocycles. The van der Waals surface area contributed by atoms with Gasteiger partial charge in [0.05, 0.1) is 6.04 Å². The summed E-state index contributed by atoms with van der Waals surface area (Å²) in [5.74, 6) is 0.0795. The van der Waals surface area contributed by atoms with E-state index in [0.29, 0.717) is 0 Å². The monoisotopic (exact) mass is 310 g/mol. The highest BCUT2D eigenvalue weighted by Crippen LogP contribution is 2.25. The number of halogens is 1. The van der Waals surface area contributed by atoms with Gasteiger partial charge in [-0.2, -0.15) is 0 Å². The van der Waals surface area contributed by atoms with Crippen LogP contribution in [0.15, 0.2) is 16.6 Å². The van der Waals surface area contributed by atoms with E-state index in [9.17, 15) is 4.79 Å². The summed E-state index contributed by atoms with van der Waals surface area (Å²) in [7, 11) is 0. The standard InChI is InChI=1S/C14H19BrN2O/c1-9-7-11(8-10(2)13(9)15)17-14(18)12-5-3-4-6-16-12/h7-8,12,16H,3-6H2,1-2H3,(H,17,18)/t12-/m1/s1. The van der Waals surface area contributed by atoms with E-state index in [1.54, 1.807) is 0 Å². The minimum Gasteiger partial charge on any atom is -0.325 e. The van der Waals surface area contributed by atoms with Gasteiger partial charge in [-0.1, -0.05) is 22.4 Å². The van der Waals surface area contributed by atoms with Crippen LogP contribution in [0.2, 0.25) is 0 Å². The lowest BCUT2D eigenvalue weighted by atomic mass is 10.0. The number of nitrogens with one attached hydrogen (secondary N) is 2. The molecular weight excluding hydrogens is 292 g/mol. The Hall–Kier alpha value is -0.870. The minimum atomic E-state index is -0.0389. The van der Waals surface area contributed by atoms with Crippen molar-refractivity contribution in [1.29, 1.82) is 0 Å². The first-order chi connectivity index (χ1) is 8.58. The molecule has 2 N–H and O–H groups in total. The lowest BCUT2D eigenvalue weighted by Gasteiger charge is -2.22. The van der Waals surface area contributed by atoms with Crippen LogP contribution in [0.5, 0.6) is 0 Å². The largest absolute Gasteiger partial charge is 0.325 e. The number of rotatable bonds is 2. The van der Waals surface area contributed by atoms with E-state index in [1.807, 2.05) is 26.0 Å². The smallest absolute Gasteiger partial charge is 0.241 e. The van der Waals surface area contributed by atoms with Crippen molar-refractivity contribution in [3.05, 3.63) is 27.7 Å². The zero-order valence-corrected chi connectivity index (χ0v) is 12.4. The van der Waals surface area contributed by atoms with Crippen molar-refractivity contribution >= 4 is 27.5 Å². The average Bonchev–Trinajstić information content (AvgIpc) is 2.37. The molecule has 0 unspecified atom stereocenters. The minimum absolute atomic E-state index is 0.0389. The van der Waals surface area contributed by atoms with E-state index in [-0.39, 0.29) is 11.9 Å². The highest BCUT2D eigenvalue weighted by Gasteiger charge is 2.20. The Morgan fingerprint density at radius 1 is 1.33 bits per heavy atom. The quantitative estimate of drug-likeness (QED) is 0.881. The highest BCUT2D eigenvalue weighted by molar-refractivity contribution is 9.10. The van der Waals surface area contributed by atoms with Crippen LogP contribution in [-0.4, -0.2) is 18.5 Å². The molecule has 1 saturated heterocycles. The van der Waals surface area contributed by atoms with Gasteiger partial charge in [0.2, 0.25) is 5.91 Å². The van der Waals surface area contributed by atoms with Gasteiger partial charge in [-0.3, -0.25) is 4.79 Å². The molecule has 1 fully saturated rings. The lowest BCUT2D eigenvalue weighted by molar-refractivity contribution is -0.118. The molecular formula is C14H19BrN2O. The second-order valence-corrected chi connectivity index (χ2v) is 5.71. The van der Waals surface area contributed by atoms with Crippen LogP contribution in [0.4, 0.5) is 5.69 Å². The van der Waals surface area contributed by atoms with Gasteiger partial charge in [0, 0.05) is 10.2 Å². The number of piperidine rings is 1. The summed E-state index contributed by atoms with van der Waals surface area (Å²) >= 11 is 3.53. The highest BCUT2D eigenvalue weighted by atomic mass is 79.9. The van der Waals surface area contributed by atoms with Crippen LogP contribution < -0.4 is 10.6 Å². The van der Waals surface area contributed by atoms with Crippen LogP contribution in [0.25, 0.3) is 0 Å². The maximum Gasteiger partial charge on any atom is 0.241 e. The Kier molecular flexibility index (Phi) is 4.40. The lowest BCUT2D eigenvalue weighted by Crippen LogP contribution is -2.43. The van der Waals surface area contributed by atoms with Gasteiger partial charge >= 0.3 is 0 Å². The second-order valence-electron chi connectivity index (χ2n) is 4.92. The number of hydrogen-bond acceptors (Lipinski definition) is 2. The van der Waals surface area contributed by atoms with Gasteiger partial charge < -0.3 is 10.6 Å². The Balaban J connectivity index is 2.06. The number of carbonyl (C=O) groups excluding carboxylic acids is 1. The number of anilines is 1. The Morgan fingerprint density at radius 3 is 2.56 bits per heavy atom. The van der Waals surface area contributed by atoms with Gasteiger partial charge in [0.25, 0.3) is 0 Å². The zero-order chi connectivity index (χ0) is 13.1. The van der Waals surface area contributed by atoms with Gasteiger partial charge in [0.1, 0.15) is 0 Å². The van der Waals surface area contributed by atoms with Crippen molar-refractivity contribution in [2.75, 3.05) is 11.9 Å². The third-order valence-electron chi connectivity index (χ3n) is 3.33. The topological polar surface area (TPSA) is 41.1 Å². The summed E-state index contributed by atoms with van der Waals surface area (Å²) in [4.78, 5) is 12.1. The Morgan fingerprint density at radius 2 is 2.00 bits per heavy atom. The summed E-state index contributed by atoms with van der Waals surface area (Å²) in [6, 6.07) is 3.96. The molecule has 1 aromatic carbocycles. The predicted octanol–water partition coefficient (Wildman–Crippen LogP) is 3.15. The Bertz CT molecular complexity index is 430. The SMILES string of the molecule is Cc1cc(NC(=O)[C@H]2CCCCN2)cc(C)c1Br. The molecule has 18 heavy (non-hydrogen) atoms. The molecule has 98 valence electrons. The first-order valence-electron chi connectivity index (χ1n) is 6.39. The molecule has 1 aliphatic heterocycles. The van der Waals surface area contributed by atoms with E-state index in [0.717, 1.165) is 40.7 Å². The molecule has 3 nitrogen and oxygen atoms in total. The molecule has 1 atom stereocenters. The molecule has 0 saturated carbocycles. The third kappa shape index (κ3) is 3.12. The van der Waals surface area contributed by atoms with Crippen LogP contribution in [0.1, 0.15) is 30.4 Å². The van der Waals surface area contributed by atoms with E-state index in [1.165, 1.54) is 6.42 Å². The average molecular weight is 311 g/mol. The molecule has 4 heteroatoms.